The van der Waals surface area contributed by atoms with Gasteiger partial charge in [-0.3, -0.25) is 0 Å². The Bertz CT molecular complexity index is 989. The maximum Gasteiger partial charge on any atom is 0.322 e. The molecule has 1 N–H and O–H groups in total. The van der Waals surface area contributed by atoms with E-state index >= 15 is 0 Å². The quantitative estimate of drug-likeness (QED) is 0.686. The monoisotopic (exact) mass is 392 g/mol. The van der Waals surface area contributed by atoms with Crippen LogP contribution in [-0.2, 0) is 19.4 Å². The molecule has 0 bridgehead atoms. The van der Waals surface area contributed by atoms with Gasteiger partial charge in [-0.05, 0) is 24.3 Å². The Morgan fingerprint density at radius 2 is 1.86 bits per heavy atom. The van der Waals surface area contributed by atoms with Crippen LogP contribution < -0.4 is 5.32 Å². The number of amides is 2. The number of fused-ring (bicyclic) bond motifs is 1. The standard InChI is InChI=1S/C22H21ClN4O/c1-2-20-25-19-12-13-27(22(28)24-17-6-4-3-5-7-17)14-18(19)21(26-20)15-8-10-16(23)11-9-15/h3-11H,2,12-14H2,1H3,(H,24,28). The van der Waals surface area contributed by atoms with E-state index < -0.39 is 0 Å². The Labute approximate surface area is 169 Å². The molecule has 2 aromatic carbocycles. The van der Waals surface area contributed by atoms with Crippen LogP contribution in [-0.4, -0.2) is 27.4 Å². The number of carbonyl (C=O) groups is 1. The highest BCUT2D eigenvalue weighted by atomic mass is 35.5. The molecule has 2 amide bonds. The molecule has 0 atom stereocenters. The van der Waals surface area contributed by atoms with Crippen molar-refractivity contribution in [1.82, 2.24) is 14.9 Å². The summed E-state index contributed by atoms with van der Waals surface area (Å²) < 4.78 is 0. The van der Waals surface area contributed by atoms with Gasteiger partial charge in [-0.25, -0.2) is 14.8 Å². The maximum atomic E-state index is 12.7. The molecule has 0 saturated heterocycles. The van der Waals surface area contributed by atoms with Gasteiger partial charge in [0, 0.05) is 41.2 Å². The van der Waals surface area contributed by atoms with Gasteiger partial charge in [-0.2, -0.15) is 0 Å². The summed E-state index contributed by atoms with van der Waals surface area (Å²) in [6.07, 6.45) is 1.49. The molecule has 1 aromatic heterocycles. The van der Waals surface area contributed by atoms with Crippen LogP contribution in [0.1, 0.15) is 24.0 Å². The van der Waals surface area contributed by atoms with Gasteiger partial charge in [0.15, 0.2) is 0 Å². The van der Waals surface area contributed by atoms with Crippen molar-refractivity contribution in [3.63, 3.8) is 0 Å². The first-order valence-electron chi connectivity index (χ1n) is 9.39. The third-order valence-corrected chi connectivity index (χ3v) is 5.10. The fourth-order valence-electron chi connectivity index (χ4n) is 3.37. The lowest BCUT2D eigenvalue weighted by Gasteiger charge is -2.30. The van der Waals surface area contributed by atoms with Gasteiger partial charge >= 0.3 is 6.03 Å². The Hall–Kier alpha value is -2.92. The van der Waals surface area contributed by atoms with Gasteiger partial charge in [0.05, 0.1) is 17.9 Å². The molecule has 142 valence electrons. The number of carbonyl (C=O) groups excluding carboxylic acids is 1. The number of rotatable bonds is 3. The average Bonchev–Trinajstić information content (AvgIpc) is 2.74. The zero-order chi connectivity index (χ0) is 19.5. The lowest BCUT2D eigenvalue weighted by atomic mass is 9.99. The predicted molar refractivity (Wildman–Crippen MR) is 111 cm³/mol. The van der Waals surface area contributed by atoms with Crippen LogP contribution in [0.2, 0.25) is 5.02 Å². The second kappa shape index (κ2) is 7.98. The number of anilines is 1. The molecule has 1 aliphatic rings. The second-order valence-corrected chi connectivity index (χ2v) is 7.18. The molecule has 0 spiro atoms. The number of hydrogen-bond acceptors (Lipinski definition) is 3. The summed E-state index contributed by atoms with van der Waals surface area (Å²) in [6.45, 7) is 3.16. The van der Waals surface area contributed by atoms with Crippen molar-refractivity contribution < 1.29 is 4.79 Å². The average molecular weight is 393 g/mol. The number of halogens is 1. The SMILES string of the molecule is CCc1nc2c(c(-c3ccc(Cl)cc3)n1)CN(C(=O)Nc1ccccc1)CC2. The minimum atomic E-state index is -0.113. The summed E-state index contributed by atoms with van der Waals surface area (Å²) >= 11 is 6.05. The van der Waals surface area contributed by atoms with Crippen molar-refractivity contribution in [2.75, 3.05) is 11.9 Å². The summed E-state index contributed by atoms with van der Waals surface area (Å²) in [4.78, 5) is 24.0. The number of aromatic nitrogens is 2. The maximum absolute atomic E-state index is 12.7. The van der Waals surface area contributed by atoms with Crippen molar-refractivity contribution in [3.05, 3.63) is 76.7 Å². The van der Waals surface area contributed by atoms with E-state index in [0.29, 0.717) is 24.5 Å². The number of urea groups is 1. The fourth-order valence-corrected chi connectivity index (χ4v) is 3.49. The van der Waals surface area contributed by atoms with E-state index in [0.717, 1.165) is 40.4 Å². The molecule has 3 aromatic rings. The Kier molecular flexibility index (Phi) is 5.26. The minimum absolute atomic E-state index is 0.113. The molecule has 6 heteroatoms. The third kappa shape index (κ3) is 3.85. The van der Waals surface area contributed by atoms with Gasteiger partial charge in [-0.15, -0.1) is 0 Å². The summed E-state index contributed by atoms with van der Waals surface area (Å²) in [7, 11) is 0. The van der Waals surface area contributed by atoms with Crippen molar-refractivity contribution >= 4 is 23.3 Å². The number of nitrogens with zero attached hydrogens (tertiary/aromatic N) is 3. The van der Waals surface area contributed by atoms with Crippen LogP contribution in [0.4, 0.5) is 10.5 Å². The number of aryl methyl sites for hydroxylation is 1. The van der Waals surface area contributed by atoms with Gasteiger partial charge in [0.2, 0.25) is 0 Å². The molecule has 5 nitrogen and oxygen atoms in total. The molecular formula is C22H21ClN4O. The first-order chi connectivity index (χ1) is 13.6. The Morgan fingerprint density at radius 1 is 1.11 bits per heavy atom. The molecule has 0 unspecified atom stereocenters. The molecular weight excluding hydrogens is 372 g/mol. The molecule has 0 aliphatic carbocycles. The third-order valence-electron chi connectivity index (χ3n) is 4.85. The molecule has 2 heterocycles. The lowest BCUT2D eigenvalue weighted by Crippen LogP contribution is -2.39. The van der Waals surface area contributed by atoms with E-state index in [4.69, 9.17) is 21.6 Å². The molecule has 0 radical (unpaired) electrons. The molecule has 0 saturated carbocycles. The van der Waals surface area contributed by atoms with Crippen LogP contribution in [0.5, 0.6) is 0 Å². The van der Waals surface area contributed by atoms with E-state index in [9.17, 15) is 4.79 Å². The van der Waals surface area contributed by atoms with E-state index in [1.54, 1.807) is 0 Å². The largest absolute Gasteiger partial charge is 0.322 e. The van der Waals surface area contributed by atoms with Gasteiger partial charge in [-0.1, -0.05) is 48.9 Å². The van der Waals surface area contributed by atoms with Gasteiger partial charge < -0.3 is 10.2 Å². The molecule has 0 fully saturated rings. The zero-order valence-electron chi connectivity index (χ0n) is 15.7. The van der Waals surface area contributed by atoms with Crippen LogP contribution >= 0.6 is 11.6 Å². The Balaban J connectivity index is 1.65. The van der Waals surface area contributed by atoms with Crippen LogP contribution in [0.15, 0.2) is 54.6 Å². The van der Waals surface area contributed by atoms with E-state index in [2.05, 4.69) is 12.2 Å². The first kappa shape index (κ1) is 18.4. The van der Waals surface area contributed by atoms with E-state index in [1.807, 2.05) is 59.5 Å². The summed E-state index contributed by atoms with van der Waals surface area (Å²) in [5.74, 6) is 0.825. The normalized spacial score (nSPS) is 13.1. The van der Waals surface area contributed by atoms with Crippen molar-refractivity contribution in [2.24, 2.45) is 0 Å². The van der Waals surface area contributed by atoms with Crippen LogP contribution in [0.3, 0.4) is 0 Å². The summed E-state index contributed by atoms with van der Waals surface area (Å²) in [6, 6.07) is 17.0. The zero-order valence-corrected chi connectivity index (χ0v) is 16.4. The molecule has 1 aliphatic heterocycles. The summed E-state index contributed by atoms with van der Waals surface area (Å²) in [5.41, 5.74) is 4.70. The highest BCUT2D eigenvalue weighted by molar-refractivity contribution is 6.30. The molecule has 28 heavy (non-hydrogen) atoms. The highest BCUT2D eigenvalue weighted by Crippen LogP contribution is 2.29. The number of hydrogen-bond donors (Lipinski definition) is 1. The fraction of sp³-hybridized carbons (Fsp3) is 0.227. The minimum Gasteiger partial charge on any atom is -0.320 e. The first-order valence-corrected chi connectivity index (χ1v) is 9.77. The van der Waals surface area contributed by atoms with Gasteiger partial charge in [0.25, 0.3) is 0 Å². The number of nitrogens with one attached hydrogen (secondary N) is 1. The smallest absolute Gasteiger partial charge is 0.320 e. The topological polar surface area (TPSA) is 58.1 Å². The Morgan fingerprint density at radius 3 is 2.57 bits per heavy atom. The predicted octanol–water partition coefficient (Wildman–Crippen LogP) is 4.95. The highest BCUT2D eigenvalue weighted by Gasteiger charge is 2.26. The van der Waals surface area contributed by atoms with Gasteiger partial charge in [0.1, 0.15) is 5.82 Å². The van der Waals surface area contributed by atoms with E-state index in [-0.39, 0.29) is 6.03 Å². The van der Waals surface area contributed by atoms with Crippen LogP contribution in [0, 0.1) is 0 Å². The number of para-hydroxylation sites is 1. The summed E-state index contributed by atoms with van der Waals surface area (Å²) in [5, 5.41) is 3.65. The second-order valence-electron chi connectivity index (χ2n) is 6.74. The van der Waals surface area contributed by atoms with E-state index in [1.165, 1.54) is 0 Å². The van der Waals surface area contributed by atoms with Crippen molar-refractivity contribution in [2.45, 2.75) is 26.3 Å². The molecule has 4 rings (SSSR count). The lowest BCUT2D eigenvalue weighted by molar-refractivity contribution is 0.206. The van der Waals surface area contributed by atoms with Crippen molar-refractivity contribution in [1.29, 1.82) is 0 Å². The number of benzene rings is 2. The van der Waals surface area contributed by atoms with Crippen LogP contribution in [0.25, 0.3) is 11.3 Å². The van der Waals surface area contributed by atoms with Crippen molar-refractivity contribution in [3.8, 4) is 11.3 Å².